The number of esters is 1. The molecule has 0 aliphatic rings. The van der Waals surface area contributed by atoms with Gasteiger partial charge in [-0.2, -0.15) is 5.10 Å². The highest BCUT2D eigenvalue weighted by atomic mass is 32.2. The van der Waals surface area contributed by atoms with Gasteiger partial charge in [-0.3, -0.25) is 0 Å². The quantitative estimate of drug-likeness (QED) is 0.393. The zero-order valence-corrected chi connectivity index (χ0v) is 18.6. The summed E-state index contributed by atoms with van der Waals surface area (Å²) in [6.07, 6.45) is 0. The summed E-state index contributed by atoms with van der Waals surface area (Å²) in [5.74, 6) is 0.418. The summed E-state index contributed by atoms with van der Waals surface area (Å²) >= 11 is 1.01. The third kappa shape index (κ3) is 4.50. The van der Waals surface area contributed by atoms with Gasteiger partial charge in [0.1, 0.15) is 15.6 Å². The number of hydrogen-bond donors (Lipinski definition) is 2. The first kappa shape index (κ1) is 21.9. The lowest BCUT2D eigenvalue weighted by Crippen LogP contribution is -2.29. The number of methoxy groups -OCH3 is 1. The Morgan fingerprint density at radius 3 is 2.53 bits per heavy atom. The predicted molar refractivity (Wildman–Crippen MR) is 113 cm³/mol. The van der Waals surface area contributed by atoms with Crippen molar-refractivity contribution >= 4 is 33.1 Å². The van der Waals surface area contributed by atoms with Gasteiger partial charge in [-0.15, -0.1) is 21.5 Å². The second kappa shape index (κ2) is 8.90. The molecule has 0 spiro atoms. The number of sulfonamides is 1. The van der Waals surface area contributed by atoms with Gasteiger partial charge < -0.3 is 10.1 Å². The van der Waals surface area contributed by atoms with Gasteiger partial charge in [0.2, 0.25) is 10.0 Å². The second-order valence-electron chi connectivity index (χ2n) is 6.41. The molecule has 2 N–H and O–H groups in total. The number of hydrogen-bond acceptors (Lipinski definition) is 9. The van der Waals surface area contributed by atoms with Gasteiger partial charge in [0, 0.05) is 18.8 Å². The van der Waals surface area contributed by atoms with Crippen molar-refractivity contribution in [2.75, 3.05) is 25.5 Å². The van der Waals surface area contributed by atoms with Crippen LogP contribution in [0.2, 0.25) is 0 Å². The smallest absolute Gasteiger partial charge is 0.349 e. The molecule has 0 aliphatic heterocycles. The van der Waals surface area contributed by atoms with Crippen LogP contribution in [0.1, 0.15) is 26.6 Å². The van der Waals surface area contributed by atoms with Crippen molar-refractivity contribution < 1.29 is 17.9 Å². The summed E-state index contributed by atoms with van der Waals surface area (Å²) in [5.41, 5.74) is 3.04. The minimum absolute atomic E-state index is 0.0406. The van der Waals surface area contributed by atoms with Gasteiger partial charge >= 0.3 is 5.97 Å². The van der Waals surface area contributed by atoms with Crippen LogP contribution in [0.5, 0.6) is 0 Å². The molecule has 0 aromatic carbocycles. The minimum atomic E-state index is -3.83. The van der Waals surface area contributed by atoms with Crippen molar-refractivity contribution in [2.45, 2.75) is 25.7 Å². The first-order valence-corrected chi connectivity index (χ1v) is 11.4. The van der Waals surface area contributed by atoms with Crippen molar-refractivity contribution in [1.82, 2.24) is 24.7 Å². The Morgan fingerprint density at radius 2 is 1.93 bits per heavy atom. The molecule has 0 saturated heterocycles. The Bertz CT molecular complexity index is 1150. The van der Waals surface area contributed by atoms with Crippen LogP contribution in [-0.2, 0) is 14.8 Å². The first-order chi connectivity index (χ1) is 14.2. The van der Waals surface area contributed by atoms with Gasteiger partial charge in [0.15, 0.2) is 5.82 Å². The molecule has 0 fully saturated rings. The highest BCUT2D eigenvalue weighted by Gasteiger charge is 2.24. The van der Waals surface area contributed by atoms with Crippen molar-refractivity contribution in [1.29, 1.82) is 0 Å². The average molecular weight is 451 g/mol. The van der Waals surface area contributed by atoms with E-state index >= 15 is 0 Å². The van der Waals surface area contributed by atoms with Crippen LogP contribution in [-0.4, -0.2) is 54.6 Å². The molecule has 0 aliphatic carbocycles. The second-order valence-corrected chi connectivity index (χ2v) is 9.07. The van der Waals surface area contributed by atoms with Crippen molar-refractivity contribution in [3.63, 3.8) is 0 Å². The monoisotopic (exact) mass is 450 g/mol. The number of carbonyl (C=O) groups is 1. The molecule has 0 saturated carbocycles. The van der Waals surface area contributed by atoms with E-state index in [0.29, 0.717) is 11.6 Å². The molecule has 12 heteroatoms. The Morgan fingerprint density at radius 1 is 1.17 bits per heavy atom. The molecule has 0 unspecified atom stereocenters. The summed E-state index contributed by atoms with van der Waals surface area (Å²) in [6, 6.07) is 4.90. The van der Waals surface area contributed by atoms with Crippen molar-refractivity contribution in [3.05, 3.63) is 45.4 Å². The molecule has 0 radical (unpaired) electrons. The molecule has 160 valence electrons. The van der Waals surface area contributed by atoms with Gasteiger partial charge in [-0.1, -0.05) is 0 Å². The van der Waals surface area contributed by atoms with Crippen LogP contribution in [0.3, 0.4) is 0 Å². The highest BCUT2D eigenvalue weighted by Crippen LogP contribution is 2.22. The number of aryl methyl sites for hydroxylation is 1. The predicted octanol–water partition coefficient (Wildman–Crippen LogP) is 1.83. The molecule has 3 aromatic rings. The first-order valence-electron chi connectivity index (χ1n) is 9.01. The summed E-state index contributed by atoms with van der Waals surface area (Å²) in [4.78, 5) is 11.6. The molecule has 30 heavy (non-hydrogen) atoms. The van der Waals surface area contributed by atoms with Crippen LogP contribution in [0.4, 0.5) is 5.82 Å². The van der Waals surface area contributed by atoms with Crippen LogP contribution in [0, 0.1) is 20.8 Å². The molecular formula is C18H22N6O4S2. The number of thiophene rings is 1. The van der Waals surface area contributed by atoms with E-state index in [1.54, 1.807) is 16.8 Å². The number of carbonyl (C=O) groups excluding carboxylic acids is 1. The number of nitrogens with one attached hydrogen (secondary N) is 2. The standard InChI is InChI=1S/C18H22N6O4S2/c1-11-12(2)23-24(13(11)3)16-6-5-15(21-22-16)19-8-9-20-30(26,27)14-7-10-29-17(14)18(25)28-4/h5-7,10,20H,8-9H2,1-4H3,(H,19,21). The van der Waals surface area contributed by atoms with Crippen molar-refractivity contribution in [3.8, 4) is 5.82 Å². The lowest BCUT2D eigenvalue weighted by atomic mass is 10.2. The fraction of sp³-hybridized carbons (Fsp3) is 0.333. The molecule has 3 heterocycles. The van der Waals surface area contributed by atoms with E-state index in [9.17, 15) is 13.2 Å². The Kier molecular flexibility index (Phi) is 6.48. The topological polar surface area (TPSA) is 128 Å². The van der Waals surface area contributed by atoms with Crippen LogP contribution in [0.15, 0.2) is 28.5 Å². The van der Waals surface area contributed by atoms with Gasteiger partial charge in [0.25, 0.3) is 0 Å². The highest BCUT2D eigenvalue weighted by molar-refractivity contribution is 7.89. The molecule has 10 nitrogen and oxygen atoms in total. The van der Waals surface area contributed by atoms with Crippen LogP contribution >= 0.6 is 11.3 Å². The molecular weight excluding hydrogens is 428 g/mol. The number of nitrogens with zero attached hydrogens (tertiary/aromatic N) is 4. The van der Waals surface area contributed by atoms with Crippen LogP contribution in [0.25, 0.3) is 5.82 Å². The molecule has 3 rings (SSSR count). The number of ether oxygens (including phenoxy) is 1. The van der Waals surface area contributed by atoms with E-state index in [1.165, 1.54) is 18.6 Å². The molecule has 3 aromatic heterocycles. The van der Waals surface area contributed by atoms with Crippen molar-refractivity contribution in [2.24, 2.45) is 0 Å². The zero-order chi connectivity index (χ0) is 21.9. The van der Waals surface area contributed by atoms with Gasteiger partial charge in [-0.25, -0.2) is 22.6 Å². The number of anilines is 1. The zero-order valence-electron chi connectivity index (χ0n) is 17.0. The summed E-state index contributed by atoms with van der Waals surface area (Å²) in [5, 5.41) is 17.3. The largest absolute Gasteiger partial charge is 0.465 e. The maximum atomic E-state index is 12.4. The lowest BCUT2D eigenvalue weighted by molar-refractivity contribution is 0.0602. The van der Waals surface area contributed by atoms with Gasteiger partial charge in [-0.05, 0) is 49.9 Å². The Labute approximate surface area is 178 Å². The maximum Gasteiger partial charge on any atom is 0.349 e. The number of aromatic nitrogens is 4. The molecule has 0 atom stereocenters. The van der Waals surface area contributed by atoms with Crippen LogP contribution < -0.4 is 10.0 Å². The lowest BCUT2D eigenvalue weighted by Gasteiger charge is -2.09. The summed E-state index contributed by atoms with van der Waals surface area (Å²) < 4.78 is 33.7. The fourth-order valence-electron chi connectivity index (χ4n) is 2.68. The van der Waals surface area contributed by atoms with E-state index in [0.717, 1.165) is 28.3 Å². The Hall–Kier alpha value is -2.83. The summed E-state index contributed by atoms with van der Waals surface area (Å²) in [6.45, 7) is 6.29. The van der Waals surface area contributed by atoms with E-state index < -0.39 is 16.0 Å². The summed E-state index contributed by atoms with van der Waals surface area (Å²) in [7, 11) is -2.63. The molecule has 0 bridgehead atoms. The maximum absolute atomic E-state index is 12.4. The Balaban J connectivity index is 1.57. The molecule has 0 amide bonds. The normalized spacial score (nSPS) is 11.5. The van der Waals surface area contributed by atoms with E-state index in [4.69, 9.17) is 0 Å². The third-order valence-corrected chi connectivity index (χ3v) is 7.06. The van der Waals surface area contributed by atoms with E-state index in [1.807, 2.05) is 20.8 Å². The van der Waals surface area contributed by atoms with E-state index in [-0.39, 0.29) is 22.9 Å². The SMILES string of the molecule is COC(=O)c1sccc1S(=O)(=O)NCCNc1ccc(-n2nc(C)c(C)c2C)nn1. The van der Waals surface area contributed by atoms with Gasteiger partial charge in [0.05, 0.1) is 12.8 Å². The minimum Gasteiger partial charge on any atom is -0.465 e. The number of rotatable bonds is 8. The van der Waals surface area contributed by atoms with E-state index in [2.05, 4.69) is 30.1 Å². The fourth-order valence-corrected chi connectivity index (χ4v) is 5.04. The third-order valence-electron chi connectivity index (χ3n) is 4.53. The average Bonchev–Trinajstić information content (AvgIpc) is 3.33.